The van der Waals surface area contributed by atoms with E-state index in [2.05, 4.69) is 22.2 Å². The Morgan fingerprint density at radius 2 is 1.97 bits per heavy atom. The van der Waals surface area contributed by atoms with Gasteiger partial charge in [0.15, 0.2) is 0 Å². The van der Waals surface area contributed by atoms with E-state index in [9.17, 15) is 9.18 Å². The van der Waals surface area contributed by atoms with Crippen LogP contribution in [-0.2, 0) is 11.2 Å². The smallest absolute Gasteiger partial charge is 0.150 e. The Bertz CT molecular complexity index is 714. The van der Waals surface area contributed by atoms with E-state index < -0.39 is 5.83 Å². The van der Waals surface area contributed by atoms with E-state index in [1.165, 1.54) is 19.0 Å². The van der Waals surface area contributed by atoms with Gasteiger partial charge in [-0.3, -0.25) is 15.5 Å². The van der Waals surface area contributed by atoms with Crippen LogP contribution in [0, 0.1) is 0 Å². The molecule has 0 unspecified atom stereocenters. The van der Waals surface area contributed by atoms with Gasteiger partial charge >= 0.3 is 0 Å². The number of nitrogens with one attached hydrogen (secondary N) is 2. The van der Waals surface area contributed by atoms with E-state index in [1.807, 2.05) is 27.8 Å². The van der Waals surface area contributed by atoms with E-state index >= 15 is 0 Å². The molecule has 1 aromatic carbocycles. The summed E-state index contributed by atoms with van der Waals surface area (Å²) in [6.07, 6.45) is 6.76. The average Bonchev–Trinajstić information content (AvgIpc) is 2.85. The zero-order valence-electron chi connectivity index (χ0n) is 20.1. The molecule has 0 saturated carbocycles. The van der Waals surface area contributed by atoms with Crippen molar-refractivity contribution in [3.63, 3.8) is 0 Å². The number of carbonyl (C=O) groups excluding carboxylic acids is 1. The number of allylic oxidation sites excluding steroid dienone is 5. The van der Waals surface area contributed by atoms with Crippen molar-refractivity contribution in [2.45, 2.75) is 33.6 Å². The lowest BCUT2D eigenvalue weighted by atomic mass is 10.0. The Kier molecular flexibility index (Phi) is 18.0. The van der Waals surface area contributed by atoms with Gasteiger partial charge in [0, 0.05) is 18.7 Å². The molecule has 1 aliphatic rings. The summed E-state index contributed by atoms with van der Waals surface area (Å²) in [5, 5.41) is 3.15. The Labute approximate surface area is 193 Å². The quantitative estimate of drug-likeness (QED) is 0.163. The van der Waals surface area contributed by atoms with Crippen LogP contribution in [0.15, 0.2) is 54.4 Å². The van der Waals surface area contributed by atoms with Crippen LogP contribution < -0.4 is 16.6 Å². The molecule has 0 aromatic heterocycles. The third kappa shape index (κ3) is 13.2. The van der Waals surface area contributed by atoms with Crippen molar-refractivity contribution < 1.29 is 13.9 Å². The first-order chi connectivity index (χ1) is 15.5. The van der Waals surface area contributed by atoms with Crippen molar-refractivity contribution >= 4 is 12.0 Å². The maximum Gasteiger partial charge on any atom is 0.150 e. The number of halogens is 1. The van der Waals surface area contributed by atoms with Gasteiger partial charge in [0.1, 0.15) is 12.1 Å². The van der Waals surface area contributed by atoms with Crippen LogP contribution in [-0.4, -0.2) is 57.6 Å². The maximum absolute atomic E-state index is 12.9. The number of carbonyl (C=O) groups is 1. The maximum atomic E-state index is 12.9. The highest BCUT2D eigenvalue weighted by Crippen LogP contribution is 2.19. The van der Waals surface area contributed by atoms with E-state index in [4.69, 9.17) is 10.6 Å². The molecular formula is C25H41FN4O2. The summed E-state index contributed by atoms with van der Waals surface area (Å²) in [7, 11) is 2.00. The van der Waals surface area contributed by atoms with E-state index in [-0.39, 0.29) is 0 Å². The first-order valence-electron chi connectivity index (χ1n) is 11.2. The van der Waals surface area contributed by atoms with Crippen LogP contribution in [0.2, 0.25) is 0 Å². The van der Waals surface area contributed by atoms with Gasteiger partial charge in [-0.15, -0.1) is 0 Å². The number of hydrazine groups is 1. The monoisotopic (exact) mass is 448 g/mol. The molecule has 180 valence electrons. The van der Waals surface area contributed by atoms with Gasteiger partial charge in [0.25, 0.3) is 0 Å². The molecular weight excluding hydrogens is 407 g/mol. The number of nitrogen functional groups attached to an aromatic ring is 1. The first-order valence-corrected chi connectivity index (χ1v) is 11.2. The normalized spacial score (nSPS) is 14.4. The summed E-state index contributed by atoms with van der Waals surface area (Å²) in [5.74, 6) is 5.03. The molecule has 0 atom stereocenters. The molecule has 2 rings (SSSR count). The molecule has 1 aliphatic heterocycles. The third-order valence-electron chi connectivity index (χ3n) is 4.62. The zero-order chi connectivity index (χ0) is 24.2. The number of hydrogen-bond acceptors (Lipinski definition) is 6. The minimum atomic E-state index is -0.391. The highest BCUT2D eigenvalue weighted by molar-refractivity contribution is 5.77. The van der Waals surface area contributed by atoms with Crippen molar-refractivity contribution in [3.8, 4) is 0 Å². The topological polar surface area (TPSA) is 79.6 Å². The van der Waals surface area contributed by atoms with Crippen LogP contribution >= 0.6 is 0 Å². The molecule has 1 saturated heterocycles. The first kappa shape index (κ1) is 29.7. The Morgan fingerprint density at radius 3 is 2.53 bits per heavy atom. The van der Waals surface area contributed by atoms with Crippen molar-refractivity contribution in [3.05, 3.63) is 65.5 Å². The predicted molar refractivity (Wildman–Crippen MR) is 134 cm³/mol. The molecule has 6 nitrogen and oxygen atoms in total. The number of nitrogens with zero attached hydrogens (tertiary/aromatic N) is 1. The second-order valence-corrected chi connectivity index (χ2v) is 7.04. The minimum Gasteiger partial charge on any atom is -0.379 e. The summed E-state index contributed by atoms with van der Waals surface area (Å²) < 4.78 is 18.2. The molecule has 0 spiro atoms. The number of aldehydes is 1. The molecule has 0 aliphatic carbocycles. The Morgan fingerprint density at radius 1 is 1.28 bits per heavy atom. The average molecular weight is 449 g/mol. The van der Waals surface area contributed by atoms with Gasteiger partial charge in [0.05, 0.1) is 18.9 Å². The van der Waals surface area contributed by atoms with Gasteiger partial charge in [-0.05, 0) is 75.8 Å². The lowest BCUT2D eigenvalue weighted by molar-refractivity contribution is 0.0375. The van der Waals surface area contributed by atoms with Crippen LogP contribution in [0.3, 0.4) is 0 Å². The minimum absolute atomic E-state index is 0.391. The van der Waals surface area contributed by atoms with Crippen LogP contribution in [0.4, 0.5) is 10.1 Å². The third-order valence-corrected chi connectivity index (χ3v) is 4.62. The Balaban J connectivity index is 0.000000626. The molecule has 0 radical (unpaired) electrons. The number of ether oxygens (including phenoxy) is 1. The van der Waals surface area contributed by atoms with E-state index in [0.717, 1.165) is 62.0 Å². The fourth-order valence-corrected chi connectivity index (χ4v) is 2.93. The summed E-state index contributed by atoms with van der Waals surface area (Å²) in [5.41, 5.74) is 5.72. The molecule has 1 heterocycles. The summed E-state index contributed by atoms with van der Waals surface area (Å²) in [6.45, 7) is 15.6. The van der Waals surface area contributed by atoms with Crippen LogP contribution in [0.25, 0.3) is 0 Å². The van der Waals surface area contributed by atoms with Crippen LogP contribution in [0.1, 0.15) is 43.1 Å². The second-order valence-electron chi connectivity index (χ2n) is 7.04. The van der Waals surface area contributed by atoms with Gasteiger partial charge < -0.3 is 15.5 Å². The van der Waals surface area contributed by atoms with Crippen LogP contribution in [0.5, 0.6) is 0 Å². The highest BCUT2D eigenvalue weighted by atomic mass is 19.1. The zero-order valence-corrected chi connectivity index (χ0v) is 20.1. The number of benzene rings is 1. The lowest BCUT2D eigenvalue weighted by Crippen LogP contribution is -2.37. The van der Waals surface area contributed by atoms with Gasteiger partial charge in [-0.1, -0.05) is 32.1 Å². The number of nitrogens with two attached hydrogens (primary N) is 1. The standard InChI is InChI=1S/C15H17FN2O.C8H18N2O.C2H6/c1-3-14(16)6-4-11(2)8-13-9-12(10-19)5-7-15(13)18-17;1-9-3-2-4-10-5-7-11-8-6-10;1-2/h3-7,9-10,18H,1,8,17H2,2H3;9H,2-8H2,1H3;1-2H3/b11-4+,14-6+;;. The van der Waals surface area contributed by atoms with Gasteiger partial charge in [-0.25, -0.2) is 4.39 Å². The molecule has 0 bridgehead atoms. The largest absolute Gasteiger partial charge is 0.379 e. The molecule has 32 heavy (non-hydrogen) atoms. The van der Waals surface area contributed by atoms with Crippen molar-refractivity contribution in [1.82, 2.24) is 10.2 Å². The number of rotatable bonds is 10. The van der Waals surface area contributed by atoms with Crippen molar-refractivity contribution in [2.24, 2.45) is 5.84 Å². The van der Waals surface area contributed by atoms with Crippen molar-refractivity contribution in [2.75, 3.05) is 51.9 Å². The van der Waals surface area contributed by atoms with E-state index in [1.54, 1.807) is 24.3 Å². The summed E-state index contributed by atoms with van der Waals surface area (Å²) >= 11 is 0. The number of anilines is 1. The second kappa shape index (κ2) is 19.4. The Hall–Kier alpha value is -2.32. The van der Waals surface area contributed by atoms with E-state index in [0.29, 0.717) is 12.0 Å². The fourth-order valence-electron chi connectivity index (χ4n) is 2.93. The summed E-state index contributed by atoms with van der Waals surface area (Å²) in [4.78, 5) is 13.2. The number of morpholine rings is 1. The predicted octanol–water partition coefficient (Wildman–Crippen LogP) is 4.27. The molecule has 0 amide bonds. The summed E-state index contributed by atoms with van der Waals surface area (Å²) in [6, 6.07) is 5.18. The highest BCUT2D eigenvalue weighted by Gasteiger charge is 2.08. The number of hydrogen-bond donors (Lipinski definition) is 3. The lowest BCUT2D eigenvalue weighted by Gasteiger charge is -2.26. The van der Waals surface area contributed by atoms with Crippen molar-refractivity contribution in [1.29, 1.82) is 0 Å². The van der Waals surface area contributed by atoms with Gasteiger partial charge in [0.2, 0.25) is 0 Å². The fraction of sp³-hybridized carbons (Fsp3) is 0.480. The molecule has 1 fully saturated rings. The molecule has 1 aromatic rings. The van der Waals surface area contributed by atoms with Gasteiger partial charge in [-0.2, -0.15) is 0 Å². The SMILES string of the molecule is C=C/C(F)=C\C=C(/C)Cc1cc(C=O)ccc1NN.CC.CNCCCN1CCOCC1. The molecule has 7 heteroatoms. The molecule has 4 N–H and O–H groups in total.